The number of ether oxygens (including phenoxy) is 1. The number of carboxylic acids is 1. The maximum atomic E-state index is 14.4. The summed E-state index contributed by atoms with van der Waals surface area (Å²) < 4.78 is 6.12. The molecule has 1 aromatic heterocycles. The number of unbranched alkanes of at least 4 members (excludes halogenated alkanes) is 1. The number of amides is 5. The number of benzene rings is 3. The lowest BCUT2D eigenvalue weighted by Gasteiger charge is -2.29. The van der Waals surface area contributed by atoms with E-state index >= 15 is 0 Å². The van der Waals surface area contributed by atoms with E-state index in [-0.39, 0.29) is 38.2 Å². The van der Waals surface area contributed by atoms with Gasteiger partial charge in [-0.2, -0.15) is 0 Å². The Labute approximate surface area is 357 Å². The number of carbonyl (C=O) groups excluding carboxylic acids is 5. The number of aromatic amines is 1. The average Bonchev–Trinajstić information content (AvgIpc) is 3.66. The van der Waals surface area contributed by atoms with Crippen LogP contribution in [0.3, 0.4) is 0 Å². The van der Waals surface area contributed by atoms with E-state index in [1.54, 1.807) is 13.1 Å². The highest BCUT2D eigenvalue weighted by atomic mass is 16.5. The maximum Gasteiger partial charge on any atom is 0.300 e. The van der Waals surface area contributed by atoms with Crippen molar-refractivity contribution in [3.8, 4) is 0 Å². The van der Waals surface area contributed by atoms with Crippen LogP contribution in [0.15, 0.2) is 91.1 Å². The molecule has 0 bridgehead atoms. The monoisotopic (exact) mass is 839 g/mol. The van der Waals surface area contributed by atoms with Crippen LogP contribution in [0.25, 0.3) is 10.9 Å². The SMILES string of the molecule is CC(=O)O.CC(OCc1ccccc1)C1NC(=O)C(CCCCN)NC(=O)C(Cc2c[nH]c3ccccc23)NC(=O)C(Cc2ccccc2)NC(=O)CCCCCCNC1=O. The molecule has 0 aliphatic carbocycles. The van der Waals surface area contributed by atoms with Crippen molar-refractivity contribution in [1.82, 2.24) is 31.6 Å². The molecule has 0 radical (unpaired) electrons. The fourth-order valence-corrected chi connectivity index (χ4v) is 7.00. The summed E-state index contributed by atoms with van der Waals surface area (Å²) in [6.07, 6.45) is 5.76. The van der Waals surface area contributed by atoms with Crippen molar-refractivity contribution in [2.45, 2.75) is 115 Å². The Hall–Kier alpha value is -6.06. The van der Waals surface area contributed by atoms with Crippen LogP contribution in [-0.4, -0.2) is 89.0 Å². The van der Waals surface area contributed by atoms with E-state index in [9.17, 15) is 24.0 Å². The lowest BCUT2D eigenvalue weighted by Crippen LogP contribution is -2.60. The van der Waals surface area contributed by atoms with Crippen molar-refractivity contribution in [3.63, 3.8) is 0 Å². The van der Waals surface area contributed by atoms with E-state index in [1.807, 2.05) is 84.9 Å². The number of carbonyl (C=O) groups is 6. The average molecular weight is 840 g/mol. The van der Waals surface area contributed by atoms with Gasteiger partial charge in [0.05, 0.1) is 12.7 Å². The number of aliphatic carboxylic acids is 1. The van der Waals surface area contributed by atoms with Gasteiger partial charge in [0.1, 0.15) is 24.2 Å². The van der Waals surface area contributed by atoms with E-state index in [4.69, 9.17) is 20.4 Å². The van der Waals surface area contributed by atoms with E-state index in [0.29, 0.717) is 38.8 Å². The van der Waals surface area contributed by atoms with Crippen LogP contribution in [0.5, 0.6) is 0 Å². The molecule has 61 heavy (non-hydrogen) atoms. The topological polar surface area (TPSA) is 234 Å². The number of carboxylic acid groups (broad SMARTS) is 1. The Bertz CT molecular complexity index is 2000. The molecule has 4 aromatic rings. The molecule has 1 aliphatic heterocycles. The largest absolute Gasteiger partial charge is 0.481 e. The van der Waals surface area contributed by atoms with E-state index in [0.717, 1.165) is 47.4 Å². The smallest absolute Gasteiger partial charge is 0.300 e. The number of para-hydroxylation sites is 1. The lowest BCUT2D eigenvalue weighted by atomic mass is 10.0. The summed E-state index contributed by atoms with van der Waals surface area (Å²) >= 11 is 0. The molecule has 15 heteroatoms. The molecule has 1 saturated heterocycles. The highest BCUT2D eigenvalue weighted by Crippen LogP contribution is 2.20. The van der Waals surface area contributed by atoms with Crippen molar-refractivity contribution < 1.29 is 38.6 Å². The van der Waals surface area contributed by atoms with Crippen LogP contribution in [0.1, 0.15) is 81.9 Å². The molecular weight excluding hydrogens is 779 g/mol. The van der Waals surface area contributed by atoms with Gasteiger partial charge in [0.15, 0.2) is 0 Å². The van der Waals surface area contributed by atoms with Gasteiger partial charge >= 0.3 is 0 Å². The highest BCUT2D eigenvalue weighted by molar-refractivity contribution is 5.96. The van der Waals surface area contributed by atoms with Gasteiger partial charge in [-0.05, 0) is 68.3 Å². The third kappa shape index (κ3) is 16.5. The maximum absolute atomic E-state index is 14.4. The first-order valence-electron chi connectivity index (χ1n) is 21.1. The quantitative estimate of drug-likeness (QED) is 0.0969. The molecule has 0 saturated carbocycles. The van der Waals surface area contributed by atoms with Crippen LogP contribution in [0.2, 0.25) is 0 Å². The first-order valence-corrected chi connectivity index (χ1v) is 21.1. The second kappa shape index (κ2) is 25.5. The first-order chi connectivity index (χ1) is 29.4. The van der Waals surface area contributed by atoms with Crippen LogP contribution < -0.4 is 32.3 Å². The molecule has 3 aromatic carbocycles. The van der Waals surface area contributed by atoms with Crippen LogP contribution in [0.4, 0.5) is 0 Å². The van der Waals surface area contributed by atoms with Crippen LogP contribution in [-0.2, 0) is 53.0 Å². The first kappa shape index (κ1) is 47.6. The summed E-state index contributed by atoms with van der Waals surface area (Å²) in [5, 5.41) is 22.9. The third-order valence-corrected chi connectivity index (χ3v) is 10.3. The number of H-pyrrole nitrogens is 1. The van der Waals surface area contributed by atoms with Crippen LogP contribution >= 0.6 is 0 Å². The summed E-state index contributed by atoms with van der Waals surface area (Å²) in [5.74, 6) is -3.17. The molecule has 9 N–H and O–H groups in total. The molecule has 5 atom stereocenters. The van der Waals surface area contributed by atoms with Crippen molar-refractivity contribution in [1.29, 1.82) is 0 Å². The Kier molecular flexibility index (Phi) is 19.9. The van der Waals surface area contributed by atoms with Gasteiger partial charge in [0, 0.05) is 49.8 Å². The zero-order valence-electron chi connectivity index (χ0n) is 35.1. The molecular formula is C46H61N7O8. The van der Waals surface area contributed by atoms with E-state index < -0.39 is 59.9 Å². The minimum Gasteiger partial charge on any atom is -0.481 e. The minimum absolute atomic E-state index is 0.0973. The normalized spacial score (nSPS) is 20.4. The number of aromatic nitrogens is 1. The summed E-state index contributed by atoms with van der Waals surface area (Å²) in [6, 6.07) is 22.4. The van der Waals surface area contributed by atoms with Gasteiger partial charge in [-0.25, -0.2) is 0 Å². The van der Waals surface area contributed by atoms with Crippen molar-refractivity contribution in [2.75, 3.05) is 13.1 Å². The van der Waals surface area contributed by atoms with E-state index in [2.05, 4.69) is 31.6 Å². The Morgan fingerprint density at radius 2 is 1.31 bits per heavy atom. The molecule has 5 rings (SSSR count). The fourth-order valence-electron chi connectivity index (χ4n) is 7.00. The zero-order valence-corrected chi connectivity index (χ0v) is 35.1. The molecule has 0 spiro atoms. The van der Waals surface area contributed by atoms with Gasteiger partial charge in [0.2, 0.25) is 29.5 Å². The summed E-state index contributed by atoms with van der Waals surface area (Å²) in [4.78, 5) is 82.0. The van der Waals surface area contributed by atoms with E-state index in [1.165, 1.54) is 0 Å². The predicted molar refractivity (Wildman–Crippen MR) is 233 cm³/mol. The molecule has 5 unspecified atom stereocenters. The number of fused-ring (bicyclic) bond motifs is 1. The zero-order chi connectivity index (χ0) is 44.0. The Morgan fingerprint density at radius 1 is 0.721 bits per heavy atom. The van der Waals surface area contributed by atoms with Gasteiger partial charge in [-0.15, -0.1) is 0 Å². The predicted octanol–water partition coefficient (Wildman–Crippen LogP) is 3.80. The van der Waals surface area contributed by atoms with Gasteiger partial charge in [-0.1, -0.05) is 91.7 Å². The minimum atomic E-state index is -1.13. The van der Waals surface area contributed by atoms with Gasteiger partial charge < -0.3 is 47.1 Å². The second-order valence-electron chi connectivity index (χ2n) is 15.2. The Morgan fingerprint density at radius 3 is 2.00 bits per heavy atom. The van der Waals surface area contributed by atoms with Crippen molar-refractivity contribution >= 4 is 46.4 Å². The molecule has 2 heterocycles. The molecule has 1 fully saturated rings. The number of rotatable bonds is 12. The molecule has 15 nitrogen and oxygen atoms in total. The second-order valence-corrected chi connectivity index (χ2v) is 15.2. The van der Waals surface area contributed by atoms with Crippen LogP contribution in [0, 0.1) is 0 Å². The summed E-state index contributed by atoms with van der Waals surface area (Å²) in [7, 11) is 0. The third-order valence-electron chi connectivity index (χ3n) is 10.3. The van der Waals surface area contributed by atoms with Gasteiger partial charge in [-0.3, -0.25) is 28.8 Å². The number of hydrogen-bond acceptors (Lipinski definition) is 8. The van der Waals surface area contributed by atoms with Gasteiger partial charge in [0.25, 0.3) is 5.97 Å². The molecule has 328 valence electrons. The number of hydrogen-bond donors (Lipinski definition) is 8. The lowest BCUT2D eigenvalue weighted by molar-refractivity contribution is -0.136. The number of nitrogens with one attached hydrogen (secondary N) is 6. The number of nitrogens with two attached hydrogens (primary N) is 1. The molecule has 5 amide bonds. The molecule has 1 aliphatic rings. The van der Waals surface area contributed by atoms with Crippen molar-refractivity contribution in [3.05, 3.63) is 108 Å². The van der Waals surface area contributed by atoms with Crippen molar-refractivity contribution in [2.24, 2.45) is 5.73 Å². The summed E-state index contributed by atoms with van der Waals surface area (Å²) in [5.41, 5.74) is 9.23. The summed E-state index contributed by atoms with van der Waals surface area (Å²) in [6.45, 7) is 3.81. The Balaban J connectivity index is 0.00000196. The fraction of sp³-hybridized carbons (Fsp3) is 0.435. The highest BCUT2D eigenvalue weighted by Gasteiger charge is 2.34. The standard InChI is InChI=1S/C44H57N7O6.C2H4O2/c1-30(57-29-32-18-8-5-9-19-32)40-44(56)46-25-15-3-2-10-23-39(52)48-37(26-31-16-6-4-7-17-31)42(54)50-38(27-33-28-47-35-21-12-11-20-34(33)35)43(55)49-36(41(53)51-40)22-13-14-24-45;1-2(3)4/h4-9,11-12,16-21,28,30,36-38,40,47H,2-3,10,13-15,22-27,29,45H2,1H3,(H,46,56)(H,48,52)(H,49,55)(H,50,54)(H,51,53);1H3,(H,3,4).